The summed E-state index contributed by atoms with van der Waals surface area (Å²) in [5, 5.41) is 18.2. The first-order chi connectivity index (χ1) is 8.22. The van der Waals surface area contributed by atoms with Crippen molar-refractivity contribution in [1.29, 1.82) is 5.26 Å². The van der Waals surface area contributed by atoms with Gasteiger partial charge in [-0.1, -0.05) is 11.8 Å². The number of nitrogens with zero attached hydrogens (tertiary/aromatic N) is 1. The Labute approximate surface area is 99.4 Å². The van der Waals surface area contributed by atoms with Crippen molar-refractivity contribution in [3.05, 3.63) is 23.3 Å². The van der Waals surface area contributed by atoms with Crippen LogP contribution in [-0.2, 0) is 0 Å². The Kier molecular flexibility index (Phi) is 4.59. The van der Waals surface area contributed by atoms with Gasteiger partial charge in [-0.3, -0.25) is 4.79 Å². The summed E-state index contributed by atoms with van der Waals surface area (Å²) >= 11 is 0. The van der Waals surface area contributed by atoms with Gasteiger partial charge in [0.2, 0.25) is 0 Å². The maximum Gasteiger partial charge on any atom is 0.173 e. The van der Waals surface area contributed by atoms with Crippen molar-refractivity contribution in [3.63, 3.8) is 0 Å². The van der Waals surface area contributed by atoms with Crippen LogP contribution in [0.2, 0.25) is 0 Å². The number of carbonyl (C=O) groups is 1. The lowest BCUT2D eigenvalue weighted by atomic mass is 10.1. The van der Waals surface area contributed by atoms with Crippen LogP contribution in [0.4, 0.5) is 0 Å². The number of phenolic OH excluding ortho intramolecular Hbond substituents is 1. The summed E-state index contributed by atoms with van der Waals surface area (Å²) in [7, 11) is 0. The average Bonchev–Trinajstić information content (AvgIpc) is 2.34. The first-order valence-corrected chi connectivity index (χ1v) is 5.03. The molecule has 0 aliphatic heterocycles. The van der Waals surface area contributed by atoms with Gasteiger partial charge in [0.15, 0.2) is 11.5 Å². The fourth-order valence-corrected chi connectivity index (χ4v) is 1.24. The number of phenols is 1. The van der Waals surface area contributed by atoms with Crippen molar-refractivity contribution >= 4 is 6.29 Å². The number of carbonyl (C=O) groups excluding carboxylic acids is 1. The minimum Gasteiger partial charge on any atom is -0.503 e. The molecule has 4 nitrogen and oxygen atoms in total. The number of ether oxygens (including phenoxy) is 1. The van der Waals surface area contributed by atoms with E-state index in [0.717, 1.165) is 0 Å². The highest BCUT2D eigenvalue weighted by atomic mass is 16.5. The van der Waals surface area contributed by atoms with Crippen molar-refractivity contribution in [1.82, 2.24) is 0 Å². The van der Waals surface area contributed by atoms with E-state index in [0.29, 0.717) is 18.5 Å². The largest absolute Gasteiger partial charge is 0.503 e. The van der Waals surface area contributed by atoms with E-state index in [1.807, 2.05) is 6.07 Å². The number of aldehydes is 1. The molecule has 0 aliphatic carbocycles. The zero-order chi connectivity index (χ0) is 12.7. The molecule has 0 atom stereocenters. The van der Waals surface area contributed by atoms with E-state index in [4.69, 9.17) is 10.00 Å². The maximum atomic E-state index is 10.7. The third-order valence-electron chi connectivity index (χ3n) is 1.92. The molecule has 0 bridgehead atoms. The van der Waals surface area contributed by atoms with E-state index in [-0.39, 0.29) is 23.5 Å². The minimum atomic E-state index is -0.108. The predicted molar refractivity (Wildman–Crippen MR) is 61.8 cm³/mol. The van der Waals surface area contributed by atoms with E-state index in [9.17, 15) is 9.90 Å². The topological polar surface area (TPSA) is 70.3 Å². The van der Waals surface area contributed by atoms with Gasteiger partial charge in [-0.15, -0.1) is 0 Å². The van der Waals surface area contributed by atoms with Crippen molar-refractivity contribution in [2.45, 2.75) is 13.3 Å². The second-order valence-electron chi connectivity index (χ2n) is 3.10. The quantitative estimate of drug-likeness (QED) is 0.634. The maximum absolute atomic E-state index is 10.7. The number of rotatable bonds is 3. The second kappa shape index (κ2) is 6.19. The standard InChI is InChI=1S/C13H11NO3/c1-2-17-12-8-10(9-15)7-11(13(12)16)5-3-4-6-14/h7-9,16H,2,4H2,1H3. The number of aromatic hydroxyl groups is 1. The molecule has 0 unspecified atom stereocenters. The van der Waals surface area contributed by atoms with Crippen LogP contribution in [0, 0.1) is 23.2 Å². The number of benzene rings is 1. The summed E-state index contributed by atoms with van der Waals surface area (Å²) in [5.74, 6) is 5.31. The molecule has 1 rings (SSSR count). The molecule has 0 saturated heterocycles. The molecule has 0 amide bonds. The van der Waals surface area contributed by atoms with Gasteiger partial charge in [0.05, 0.1) is 24.7 Å². The van der Waals surface area contributed by atoms with E-state index in [1.165, 1.54) is 12.1 Å². The van der Waals surface area contributed by atoms with Gasteiger partial charge < -0.3 is 9.84 Å². The van der Waals surface area contributed by atoms with Crippen LogP contribution in [0.25, 0.3) is 0 Å². The number of hydrogen-bond acceptors (Lipinski definition) is 4. The highest BCUT2D eigenvalue weighted by molar-refractivity contribution is 5.78. The summed E-state index contributed by atoms with van der Waals surface area (Å²) in [4.78, 5) is 10.7. The smallest absolute Gasteiger partial charge is 0.173 e. The fraction of sp³-hybridized carbons (Fsp3) is 0.231. The normalized spacial score (nSPS) is 8.71. The third-order valence-corrected chi connectivity index (χ3v) is 1.92. The molecule has 4 heteroatoms. The predicted octanol–water partition coefficient (Wildman–Crippen LogP) is 1.87. The van der Waals surface area contributed by atoms with Gasteiger partial charge >= 0.3 is 0 Å². The fourth-order valence-electron chi connectivity index (χ4n) is 1.24. The van der Waals surface area contributed by atoms with Crippen LogP contribution in [-0.4, -0.2) is 18.0 Å². The van der Waals surface area contributed by atoms with Crippen LogP contribution in [0.15, 0.2) is 12.1 Å². The van der Waals surface area contributed by atoms with E-state index >= 15 is 0 Å². The highest BCUT2D eigenvalue weighted by Gasteiger charge is 2.09. The average molecular weight is 229 g/mol. The Morgan fingerprint density at radius 3 is 2.88 bits per heavy atom. The Hall–Kier alpha value is -2.46. The molecule has 0 fully saturated rings. The van der Waals surface area contributed by atoms with Crippen LogP contribution in [0.3, 0.4) is 0 Å². The Morgan fingerprint density at radius 2 is 2.29 bits per heavy atom. The van der Waals surface area contributed by atoms with Gasteiger partial charge in [0.25, 0.3) is 0 Å². The van der Waals surface area contributed by atoms with Crippen LogP contribution >= 0.6 is 0 Å². The molecule has 0 aliphatic rings. The SMILES string of the molecule is CCOc1cc(C=O)cc(C#CCC#N)c1O. The molecule has 1 N–H and O–H groups in total. The lowest BCUT2D eigenvalue weighted by molar-refractivity contribution is 0.112. The zero-order valence-corrected chi connectivity index (χ0v) is 9.36. The lowest BCUT2D eigenvalue weighted by Crippen LogP contribution is -1.95. The van der Waals surface area contributed by atoms with Gasteiger partial charge in [0.1, 0.15) is 6.29 Å². The summed E-state index contributed by atoms with van der Waals surface area (Å²) in [6.07, 6.45) is 0.714. The van der Waals surface area contributed by atoms with Crippen molar-refractivity contribution in [2.75, 3.05) is 6.61 Å². The van der Waals surface area contributed by atoms with Crippen molar-refractivity contribution in [2.24, 2.45) is 0 Å². The molecular weight excluding hydrogens is 218 g/mol. The van der Waals surface area contributed by atoms with Gasteiger partial charge in [-0.05, 0) is 19.1 Å². The molecule has 0 radical (unpaired) electrons. The van der Waals surface area contributed by atoms with Crippen molar-refractivity contribution < 1.29 is 14.6 Å². The Morgan fingerprint density at radius 1 is 1.53 bits per heavy atom. The van der Waals surface area contributed by atoms with Gasteiger partial charge in [-0.25, -0.2) is 0 Å². The van der Waals surface area contributed by atoms with Crippen molar-refractivity contribution in [3.8, 4) is 29.4 Å². The Balaban J connectivity index is 3.21. The monoisotopic (exact) mass is 229 g/mol. The summed E-state index contributed by atoms with van der Waals surface area (Å²) in [5.41, 5.74) is 0.654. The highest BCUT2D eigenvalue weighted by Crippen LogP contribution is 2.30. The first kappa shape index (κ1) is 12.6. The molecule has 1 aromatic rings. The molecule has 1 aromatic carbocycles. The Bertz CT molecular complexity index is 518. The molecule has 0 spiro atoms. The van der Waals surface area contributed by atoms with Crippen LogP contribution < -0.4 is 4.74 Å². The first-order valence-electron chi connectivity index (χ1n) is 5.03. The molecule has 0 heterocycles. The third kappa shape index (κ3) is 3.25. The van der Waals surface area contributed by atoms with Gasteiger partial charge in [0, 0.05) is 5.56 Å². The molecule has 0 saturated carbocycles. The molecule has 86 valence electrons. The van der Waals surface area contributed by atoms with E-state index < -0.39 is 0 Å². The van der Waals surface area contributed by atoms with Gasteiger partial charge in [-0.2, -0.15) is 5.26 Å². The van der Waals surface area contributed by atoms with E-state index in [1.54, 1.807) is 6.92 Å². The minimum absolute atomic E-state index is 0.0642. The lowest BCUT2D eigenvalue weighted by Gasteiger charge is -2.07. The van der Waals surface area contributed by atoms with Crippen LogP contribution in [0.1, 0.15) is 29.3 Å². The zero-order valence-electron chi connectivity index (χ0n) is 9.36. The molecular formula is C13H11NO3. The number of nitriles is 1. The summed E-state index contributed by atoms with van der Waals surface area (Å²) in [6.45, 7) is 2.15. The van der Waals surface area contributed by atoms with Crippen LogP contribution in [0.5, 0.6) is 11.5 Å². The summed E-state index contributed by atoms with van der Waals surface area (Å²) < 4.78 is 5.18. The summed E-state index contributed by atoms with van der Waals surface area (Å²) in [6, 6.07) is 4.77. The molecule has 17 heavy (non-hydrogen) atoms. The van der Waals surface area contributed by atoms with E-state index in [2.05, 4.69) is 11.8 Å². The second-order valence-corrected chi connectivity index (χ2v) is 3.10. The number of hydrogen-bond donors (Lipinski definition) is 1. The molecule has 0 aromatic heterocycles.